The lowest BCUT2D eigenvalue weighted by Gasteiger charge is -2.37. The lowest BCUT2D eigenvalue weighted by Crippen LogP contribution is -2.62. The summed E-state index contributed by atoms with van der Waals surface area (Å²) in [6.45, 7) is 3.06. The zero-order valence-electron chi connectivity index (χ0n) is 21.9. The van der Waals surface area contributed by atoms with Gasteiger partial charge in [-0.1, -0.05) is 12.5 Å². The number of esters is 1. The highest BCUT2D eigenvalue weighted by atomic mass is 16.6. The molecule has 39 heavy (non-hydrogen) atoms. The number of hydrogen-bond donors (Lipinski definition) is 6. The standard InChI is InChI=1S/C27H35N5O7/c1-14-22(34)18(12-16-6-4-10-28-13-16)31-24(35)20(32-25(36)21-19(33)9-5-11-29-21)15(2)30-26(37)23(39-27(14)38)17-7-3-8-17/h4-6,9-11,13-15,17-18,20,22-23,25,32-34,36H,3,7-8,12H2,1-2H3,(H,30,37)(H,31,35). The molecule has 7 atom stereocenters. The van der Waals surface area contributed by atoms with E-state index in [2.05, 4.69) is 25.9 Å². The molecule has 210 valence electrons. The van der Waals surface area contributed by atoms with Crippen LogP contribution in [0.2, 0.25) is 0 Å². The molecule has 6 N–H and O–H groups in total. The number of carbonyl (C=O) groups excluding carboxylic acids is 3. The summed E-state index contributed by atoms with van der Waals surface area (Å²) in [5.41, 5.74) is 0.614. The van der Waals surface area contributed by atoms with E-state index in [9.17, 15) is 29.7 Å². The Morgan fingerprint density at radius 2 is 1.85 bits per heavy atom. The van der Waals surface area contributed by atoms with Gasteiger partial charge < -0.3 is 30.7 Å². The minimum Gasteiger partial charge on any atom is -0.506 e. The molecule has 2 aliphatic rings. The number of aromatic nitrogens is 2. The van der Waals surface area contributed by atoms with Crippen LogP contribution in [0.25, 0.3) is 0 Å². The van der Waals surface area contributed by atoms with E-state index in [1.165, 1.54) is 25.3 Å². The van der Waals surface area contributed by atoms with E-state index in [1.807, 2.05) is 0 Å². The number of amides is 2. The maximum Gasteiger partial charge on any atom is 0.312 e. The second-order valence-electron chi connectivity index (χ2n) is 10.3. The predicted molar refractivity (Wildman–Crippen MR) is 138 cm³/mol. The van der Waals surface area contributed by atoms with E-state index in [1.54, 1.807) is 31.5 Å². The van der Waals surface area contributed by atoms with Crippen molar-refractivity contribution < 1.29 is 34.4 Å². The summed E-state index contributed by atoms with van der Waals surface area (Å²) in [5.74, 6) is -3.45. The molecule has 7 unspecified atom stereocenters. The van der Waals surface area contributed by atoms with Gasteiger partial charge in [0.2, 0.25) is 5.91 Å². The van der Waals surface area contributed by atoms with Crippen LogP contribution in [-0.4, -0.2) is 73.4 Å². The number of pyridine rings is 2. The number of cyclic esters (lactones) is 1. The Kier molecular flexibility index (Phi) is 9.10. The average Bonchev–Trinajstić information content (AvgIpc) is 2.89. The third kappa shape index (κ3) is 6.70. The summed E-state index contributed by atoms with van der Waals surface area (Å²) < 4.78 is 5.65. The number of aromatic hydroxyl groups is 1. The van der Waals surface area contributed by atoms with Crippen LogP contribution in [0.5, 0.6) is 5.75 Å². The monoisotopic (exact) mass is 541 g/mol. The second-order valence-corrected chi connectivity index (χ2v) is 10.3. The fourth-order valence-electron chi connectivity index (χ4n) is 4.83. The number of aliphatic hydroxyl groups is 2. The van der Waals surface area contributed by atoms with Crippen molar-refractivity contribution in [2.24, 2.45) is 11.8 Å². The lowest BCUT2D eigenvalue weighted by atomic mass is 9.80. The van der Waals surface area contributed by atoms with E-state index in [4.69, 9.17) is 4.74 Å². The van der Waals surface area contributed by atoms with Crippen molar-refractivity contribution in [2.75, 3.05) is 0 Å². The smallest absolute Gasteiger partial charge is 0.312 e. The first-order valence-corrected chi connectivity index (χ1v) is 13.1. The summed E-state index contributed by atoms with van der Waals surface area (Å²) in [7, 11) is 0. The molecule has 0 spiro atoms. The minimum atomic E-state index is -1.56. The molecule has 2 amide bonds. The van der Waals surface area contributed by atoms with Gasteiger partial charge in [0.25, 0.3) is 5.91 Å². The number of rotatable bonds is 6. The molecule has 0 aromatic carbocycles. The van der Waals surface area contributed by atoms with Gasteiger partial charge in [0.15, 0.2) is 12.3 Å². The maximum atomic E-state index is 13.7. The maximum absolute atomic E-state index is 13.7. The molecule has 3 heterocycles. The molecule has 0 radical (unpaired) electrons. The van der Waals surface area contributed by atoms with Crippen LogP contribution >= 0.6 is 0 Å². The second kappa shape index (κ2) is 12.5. The molecule has 1 saturated carbocycles. The van der Waals surface area contributed by atoms with E-state index < -0.39 is 60.3 Å². The Bertz CT molecular complexity index is 1160. The van der Waals surface area contributed by atoms with E-state index >= 15 is 0 Å². The van der Waals surface area contributed by atoms with Crippen molar-refractivity contribution in [3.05, 3.63) is 54.1 Å². The Balaban J connectivity index is 1.67. The SMILES string of the molecule is CC1NC(=O)C(C2CCC2)OC(=O)C(C)C(O)C(Cc2cccnc2)NC(=O)C1NC(O)c1ncccc1O. The Hall–Kier alpha value is -3.61. The topological polar surface area (TPSA) is 183 Å². The highest BCUT2D eigenvalue weighted by Crippen LogP contribution is 2.32. The number of ether oxygens (including phenoxy) is 1. The summed E-state index contributed by atoms with van der Waals surface area (Å²) in [6, 6.07) is 3.29. The zero-order valence-corrected chi connectivity index (χ0v) is 21.9. The molecule has 2 aromatic heterocycles. The summed E-state index contributed by atoms with van der Waals surface area (Å²) in [4.78, 5) is 48.0. The van der Waals surface area contributed by atoms with Gasteiger partial charge in [-0.15, -0.1) is 0 Å². The molecule has 2 aromatic rings. The predicted octanol–water partition coefficient (Wildman–Crippen LogP) is 0.0860. The Labute approximate surface area is 226 Å². The van der Waals surface area contributed by atoms with Gasteiger partial charge in [-0.05, 0) is 56.9 Å². The van der Waals surface area contributed by atoms with Crippen LogP contribution in [0.3, 0.4) is 0 Å². The highest BCUT2D eigenvalue weighted by Gasteiger charge is 2.42. The summed E-state index contributed by atoms with van der Waals surface area (Å²) >= 11 is 0. The van der Waals surface area contributed by atoms with Gasteiger partial charge in [-0.2, -0.15) is 0 Å². The largest absolute Gasteiger partial charge is 0.506 e. The Morgan fingerprint density at radius 1 is 1.10 bits per heavy atom. The number of hydrogen-bond acceptors (Lipinski definition) is 10. The molecule has 2 fully saturated rings. The van der Waals surface area contributed by atoms with Gasteiger partial charge in [0.05, 0.1) is 24.1 Å². The molecule has 1 aliphatic carbocycles. The molecule has 12 nitrogen and oxygen atoms in total. The van der Waals surface area contributed by atoms with Crippen LogP contribution in [-0.2, 0) is 25.5 Å². The zero-order chi connectivity index (χ0) is 28.1. The fraction of sp³-hybridized carbons (Fsp3) is 0.519. The molecule has 1 saturated heterocycles. The average molecular weight is 542 g/mol. The summed E-state index contributed by atoms with van der Waals surface area (Å²) in [5, 5.41) is 40.5. The number of nitrogens with one attached hydrogen (secondary N) is 3. The molecule has 4 rings (SSSR count). The number of aliphatic hydroxyl groups excluding tert-OH is 2. The van der Waals surface area contributed by atoms with Gasteiger partial charge in [-0.25, -0.2) is 0 Å². The molecule has 0 bridgehead atoms. The summed E-state index contributed by atoms with van der Waals surface area (Å²) in [6.07, 6.45) is 3.05. The molecular formula is C27H35N5O7. The quantitative estimate of drug-likeness (QED) is 0.216. The van der Waals surface area contributed by atoms with Gasteiger partial charge in [0, 0.05) is 24.5 Å². The van der Waals surface area contributed by atoms with Crippen molar-refractivity contribution in [3.8, 4) is 5.75 Å². The minimum absolute atomic E-state index is 0.100. The van der Waals surface area contributed by atoms with E-state index in [0.29, 0.717) is 18.4 Å². The van der Waals surface area contributed by atoms with Crippen LogP contribution in [0, 0.1) is 11.8 Å². The van der Waals surface area contributed by atoms with Crippen LogP contribution in [0.4, 0.5) is 0 Å². The molecule has 12 heteroatoms. The van der Waals surface area contributed by atoms with Crippen molar-refractivity contribution >= 4 is 17.8 Å². The molecule has 1 aliphatic heterocycles. The van der Waals surface area contributed by atoms with Crippen molar-refractivity contribution in [1.82, 2.24) is 25.9 Å². The van der Waals surface area contributed by atoms with Crippen molar-refractivity contribution in [1.29, 1.82) is 0 Å². The number of nitrogens with zero attached hydrogens (tertiary/aromatic N) is 2. The van der Waals surface area contributed by atoms with Gasteiger partial charge in [-0.3, -0.25) is 29.7 Å². The van der Waals surface area contributed by atoms with Crippen molar-refractivity contribution in [3.63, 3.8) is 0 Å². The van der Waals surface area contributed by atoms with Crippen molar-refractivity contribution in [2.45, 2.75) is 76.1 Å². The first-order chi connectivity index (χ1) is 18.7. The van der Waals surface area contributed by atoms with E-state index in [-0.39, 0.29) is 23.8 Å². The van der Waals surface area contributed by atoms with Crippen LogP contribution in [0.15, 0.2) is 42.9 Å². The third-order valence-electron chi connectivity index (χ3n) is 7.45. The fourth-order valence-corrected chi connectivity index (χ4v) is 4.83. The molecular weight excluding hydrogens is 506 g/mol. The highest BCUT2D eigenvalue weighted by molar-refractivity contribution is 5.88. The number of carbonyl (C=O) groups is 3. The van der Waals surface area contributed by atoms with E-state index in [0.717, 1.165) is 6.42 Å². The third-order valence-corrected chi connectivity index (χ3v) is 7.45. The van der Waals surface area contributed by atoms with Crippen LogP contribution in [0.1, 0.15) is 50.6 Å². The Morgan fingerprint density at radius 3 is 2.49 bits per heavy atom. The lowest BCUT2D eigenvalue weighted by molar-refractivity contribution is -0.169. The normalized spacial score (nSPS) is 29.6. The first kappa shape index (κ1) is 28.4. The van der Waals surface area contributed by atoms with Gasteiger partial charge >= 0.3 is 5.97 Å². The van der Waals surface area contributed by atoms with Gasteiger partial charge in [0.1, 0.15) is 17.5 Å². The van der Waals surface area contributed by atoms with Crippen LogP contribution < -0.4 is 16.0 Å². The first-order valence-electron chi connectivity index (χ1n) is 13.1.